The maximum absolute atomic E-state index is 13.5. The van der Waals surface area contributed by atoms with Crippen molar-refractivity contribution in [3.8, 4) is 11.8 Å². The summed E-state index contributed by atoms with van der Waals surface area (Å²) >= 11 is 11.2. The van der Waals surface area contributed by atoms with Crippen LogP contribution in [0.15, 0.2) is 17.2 Å². The van der Waals surface area contributed by atoms with E-state index in [1.165, 1.54) is 0 Å². The van der Waals surface area contributed by atoms with E-state index in [0.717, 1.165) is 6.07 Å². The largest absolute Gasteiger partial charge is 0.455 e. The van der Waals surface area contributed by atoms with Crippen molar-refractivity contribution in [1.29, 1.82) is 5.26 Å². The minimum Gasteiger partial charge on any atom is -0.221 e. The topological polar surface area (TPSA) is 75.8 Å². The molecule has 0 spiro atoms. The molecule has 0 N–H and O–H groups in total. The van der Waals surface area contributed by atoms with E-state index in [1.54, 1.807) is 0 Å². The Morgan fingerprint density at radius 2 is 1.42 bits per heavy atom. The summed E-state index contributed by atoms with van der Waals surface area (Å²) in [6.45, 7) is 0. The Hall–Kier alpha value is -1.96. The molecule has 0 saturated carbocycles. The van der Waals surface area contributed by atoms with E-state index in [0.29, 0.717) is 0 Å². The number of halogens is 11. The van der Waals surface area contributed by atoms with E-state index < -0.39 is 74.2 Å². The third-order valence-corrected chi connectivity index (χ3v) is 7.16. The number of nitriles is 1. The second-order valence-electron chi connectivity index (χ2n) is 5.25. The molecular weight excluding hydrogens is 536 g/mol. The zero-order valence-electron chi connectivity index (χ0n) is 13.8. The zero-order chi connectivity index (χ0) is 24.1. The third-order valence-electron chi connectivity index (χ3n) is 3.31. The molecule has 31 heavy (non-hydrogen) atoms. The number of nitrogens with zero attached hydrogens (tertiary/aromatic N) is 3. The standard InChI is InChI=1S/C13H2Cl2F9N3O2S2/c14-5-1-4(11(16,17)18)2-6(15)9(5)27-10(30(31(28)29)13(22,23)24)8(12(19,20)21)7(3-25)26-27/h1-2H. The van der Waals surface area contributed by atoms with Crippen LogP contribution in [-0.2, 0) is 31.1 Å². The van der Waals surface area contributed by atoms with Crippen LogP contribution in [0.25, 0.3) is 5.69 Å². The Kier molecular flexibility index (Phi) is 6.68. The zero-order valence-corrected chi connectivity index (χ0v) is 16.9. The van der Waals surface area contributed by atoms with Gasteiger partial charge in [-0.1, -0.05) is 23.2 Å². The lowest BCUT2D eigenvalue weighted by molar-refractivity contribution is -0.140. The molecule has 0 fully saturated rings. The number of alkyl halides is 9. The van der Waals surface area contributed by atoms with Crippen LogP contribution in [0, 0.1) is 11.3 Å². The summed E-state index contributed by atoms with van der Waals surface area (Å²) in [4.78, 5) is 0. The van der Waals surface area contributed by atoms with Gasteiger partial charge < -0.3 is 0 Å². The molecule has 2 rings (SSSR count). The molecule has 0 aliphatic rings. The quantitative estimate of drug-likeness (QED) is 0.482. The summed E-state index contributed by atoms with van der Waals surface area (Å²) in [6, 6.07) is 1.14. The van der Waals surface area contributed by atoms with Crippen LogP contribution in [-0.4, -0.2) is 23.7 Å². The number of rotatable bonds is 2. The SMILES string of the molecule is N#Cc1nn(-c2c(Cl)cc(C(F)(F)F)cc2Cl)c(S(=S(=O)=O)C(F)(F)F)c1C(F)(F)F. The van der Waals surface area contributed by atoms with Gasteiger partial charge in [0.05, 0.1) is 25.1 Å². The van der Waals surface area contributed by atoms with Crippen molar-refractivity contribution in [1.82, 2.24) is 9.78 Å². The highest BCUT2D eigenvalue weighted by atomic mass is 35.5. The molecule has 0 amide bonds. The third kappa shape index (κ3) is 4.94. The highest BCUT2D eigenvalue weighted by Crippen LogP contribution is 2.44. The maximum Gasteiger partial charge on any atom is 0.455 e. The summed E-state index contributed by atoms with van der Waals surface area (Å²) in [7, 11) is -8.50. The van der Waals surface area contributed by atoms with Crippen molar-refractivity contribution in [3.63, 3.8) is 0 Å². The molecular formula is C13H2Cl2F9N3O2S2. The average Bonchev–Trinajstić information content (AvgIpc) is 2.90. The van der Waals surface area contributed by atoms with Crippen LogP contribution >= 0.6 is 23.2 Å². The summed E-state index contributed by atoms with van der Waals surface area (Å²) < 4.78 is 141. The first-order valence-electron chi connectivity index (χ1n) is 6.99. The van der Waals surface area contributed by atoms with Crippen LogP contribution < -0.4 is 0 Å². The lowest BCUT2D eigenvalue weighted by Gasteiger charge is -2.17. The van der Waals surface area contributed by atoms with Crippen LogP contribution in [0.5, 0.6) is 0 Å². The van der Waals surface area contributed by atoms with E-state index in [1.807, 2.05) is 0 Å². The highest BCUT2D eigenvalue weighted by molar-refractivity contribution is 8.34. The van der Waals surface area contributed by atoms with Crippen molar-refractivity contribution in [2.45, 2.75) is 22.9 Å². The fraction of sp³-hybridized carbons (Fsp3) is 0.231. The van der Waals surface area contributed by atoms with E-state index in [2.05, 4.69) is 5.10 Å². The highest BCUT2D eigenvalue weighted by Gasteiger charge is 2.49. The van der Waals surface area contributed by atoms with E-state index in [9.17, 15) is 47.9 Å². The minimum atomic E-state index is -5.82. The van der Waals surface area contributed by atoms with Gasteiger partial charge >= 0.3 is 17.9 Å². The van der Waals surface area contributed by atoms with Crippen molar-refractivity contribution < 1.29 is 47.9 Å². The van der Waals surface area contributed by atoms with Gasteiger partial charge in [0.25, 0.3) is 9.26 Å². The van der Waals surface area contributed by atoms with Crippen molar-refractivity contribution in [2.75, 3.05) is 0 Å². The lowest BCUT2D eigenvalue weighted by atomic mass is 10.2. The Bertz CT molecular complexity index is 1210. The summed E-state index contributed by atoms with van der Waals surface area (Å²) in [6.07, 6.45) is -10.8. The van der Waals surface area contributed by atoms with Crippen LogP contribution in [0.3, 0.4) is 0 Å². The van der Waals surface area contributed by atoms with Gasteiger partial charge in [0.15, 0.2) is 5.69 Å². The van der Waals surface area contributed by atoms with Crippen molar-refractivity contribution in [2.24, 2.45) is 0 Å². The number of aromatic nitrogens is 2. The van der Waals surface area contributed by atoms with Crippen molar-refractivity contribution in [3.05, 3.63) is 39.0 Å². The fourth-order valence-electron chi connectivity index (χ4n) is 2.24. The van der Waals surface area contributed by atoms with Gasteiger partial charge in [-0.2, -0.15) is 58.3 Å². The first-order chi connectivity index (χ1) is 13.9. The first-order valence-corrected chi connectivity index (χ1v) is 10.6. The Labute approximate surface area is 178 Å². The first kappa shape index (κ1) is 25.3. The fourth-order valence-corrected chi connectivity index (χ4v) is 5.39. The Morgan fingerprint density at radius 1 is 0.935 bits per heavy atom. The lowest BCUT2D eigenvalue weighted by Crippen LogP contribution is -2.23. The van der Waals surface area contributed by atoms with Gasteiger partial charge in [-0.3, -0.25) is 0 Å². The predicted molar refractivity (Wildman–Crippen MR) is 88.9 cm³/mol. The predicted octanol–water partition coefficient (Wildman–Crippen LogP) is 5.38. The van der Waals surface area contributed by atoms with Crippen LogP contribution in [0.2, 0.25) is 10.0 Å². The monoisotopic (exact) mass is 537 g/mol. The average molecular weight is 538 g/mol. The minimum absolute atomic E-state index is 0.132. The van der Waals surface area contributed by atoms with Gasteiger partial charge in [-0.15, -0.1) is 0 Å². The van der Waals surface area contributed by atoms with E-state index >= 15 is 0 Å². The molecule has 0 saturated heterocycles. The number of hydrogen-bond acceptors (Lipinski definition) is 4. The normalized spacial score (nSPS) is 13.7. The molecule has 0 bridgehead atoms. The molecule has 1 aromatic carbocycles. The number of benzene rings is 1. The molecule has 5 nitrogen and oxygen atoms in total. The smallest absolute Gasteiger partial charge is 0.221 e. The molecule has 1 heterocycles. The van der Waals surface area contributed by atoms with Crippen LogP contribution in [0.4, 0.5) is 39.5 Å². The Balaban J connectivity index is 3.14. The molecule has 18 heteroatoms. The molecule has 1 aromatic heterocycles. The van der Waals surface area contributed by atoms with Gasteiger partial charge in [0.2, 0.25) is 0 Å². The Morgan fingerprint density at radius 3 is 1.74 bits per heavy atom. The molecule has 0 aliphatic carbocycles. The van der Waals surface area contributed by atoms with E-state index in [4.69, 9.17) is 28.5 Å². The van der Waals surface area contributed by atoms with Gasteiger partial charge in [0, 0.05) is 0 Å². The summed E-state index contributed by atoms with van der Waals surface area (Å²) in [5.74, 6) is 0. The number of hydrogen-bond donors (Lipinski definition) is 0. The maximum atomic E-state index is 13.5. The van der Waals surface area contributed by atoms with Crippen molar-refractivity contribution >= 4 is 41.9 Å². The molecule has 1 atom stereocenters. The summed E-state index contributed by atoms with van der Waals surface area (Å²) in [5, 5.41) is 7.62. The van der Waals surface area contributed by atoms with Gasteiger partial charge in [-0.05, 0) is 12.1 Å². The van der Waals surface area contributed by atoms with Crippen LogP contribution in [0.1, 0.15) is 16.8 Å². The molecule has 0 aliphatic heterocycles. The van der Waals surface area contributed by atoms with Gasteiger partial charge in [0.1, 0.15) is 22.3 Å². The molecule has 2 aromatic rings. The van der Waals surface area contributed by atoms with E-state index in [-0.39, 0.29) is 16.8 Å². The van der Waals surface area contributed by atoms with Gasteiger partial charge in [-0.25, -0.2) is 4.68 Å². The molecule has 0 radical (unpaired) electrons. The second kappa shape index (κ2) is 8.19. The molecule has 1 unspecified atom stereocenters. The summed E-state index contributed by atoms with van der Waals surface area (Å²) in [5.41, 5.74) is -12.5. The second-order valence-corrected chi connectivity index (χ2v) is 9.68. The molecule has 170 valence electrons.